The van der Waals surface area contributed by atoms with Gasteiger partial charge in [0.2, 0.25) is 5.82 Å². The molecule has 0 unspecified atom stereocenters. The van der Waals surface area contributed by atoms with Crippen LogP contribution in [0.5, 0.6) is 5.75 Å². The molecule has 1 aliphatic heterocycles. The Morgan fingerprint density at radius 3 is 2.46 bits per heavy atom. The summed E-state index contributed by atoms with van der Waals surface area (Å²) in [6, 6.07) is 5.58. The number of imidazole rings is 1. The smallest absolute Gasteiger partial charge is 0.394 e. The minimum atomic E-state index is -4.67. The number of aromatic nitrogens is 2. The van der Waals surface area contributed by atoms with E-state index in [0.29, 0.717) is 30.0 Å². The number of hydrogen-bond acceptors (Lipinski definition) is 8. The Morgan fingerprint density at radius 2 is 1.86 bits per heavy atom. The summed E-state index contributed by atoms with van der Waals surface area (Å²) in [5, 5.41) is 11.0. The molecule has 1 aromatic carbocycles. The van der Waals surface area contributed by atoms with E-state index in [1.807, 2.05) is 12.1 Å². The highest BCUT2D eigenvalue weighted by Crippen LogP contribution is 2.31. The van der Waals surface area contributed by atoms with Crippen LogP contribution in [0.2, 0.25) is 0 Å². The predicted octanol–water partition coefficient (Wildman–Crippen LogP) is 2.75. The van der Waals surface area contributed by atoms with Crippen LogP contribution in [0.25, 0.3) is 6.08 Å². The van der Waals surface area contributed by atoms with Crippen LogP contribution in [0, 0.1) is 10.1 Å². The van der Waals surface area contributed by atoms with Crippen molar-refractivity contribution < 1.29 is 32.0 Å². The summed E-state index contributed by atoms with van der Waals surface area (Å²) in [6.07, 6.45) is 8.46. The Bertz CT molecular complexity index is 1210. The van der Waals surface area contributed by atoms with E-state index >= 15 is 0 Å². The number of carbonyl (C=O) groups excluding carboxylic acids is 1. The molecule has 1 aromatic heterocycles. The van der Waals surface area contributed by atoms with Crippen LogP contribution < -0.4 is 4.74 Å². The number of ether oxygens (including phenoxy) is 1. The second-order valence-corrected chi connectivity index (χ2v) is 9.23. The molecule has 4 rings (SSSR count). The van der Waals surface area contributed by atoms with Gasteiger partial charge in [0.25, 0.3) is 0 Å². The van der Waals surface area contributed by atoms with Crippen LogP contribution in [-0.4, -0.2) is 68.9 Å². The fourth-order valence-corrected chi connectivity index (χ4v) is 4.13. The number of fused-ring (bicyclic) bond motifs is 1. The average Bonchev–Trinajstić information content (AvgIpc) is 3.15. The maximum absolute atomic E-state index is 12.7. The molecule has 1 aliphatic carbocycles. The van der Waals surface area contributed by atoms with Crippen LogP contribution in [0.4, 0.5) is 5.82 Å². The maximum Gasteiger partial charge on any atom is 0.394 e. The third-order valence-electron chi connectivity index (χ3n) is 5.86. The second kappa shape index (κ2) is 11.5. The number of ketones is 1. The molecule has 1 fully saturated rings. The lowest BCUT2D eigenvalue weighted by Crippen LogP contribution is -2.29. The first-order valence-electron chi connectivity index (χ1n) is 11.1. The summed E-state index contributed by atoms with van der Waals surface area (Å²) in [5.41, 5.74) is 2.15. The number of nitro groups is 1. The van der Waals surface area contributed by atoms with E-state index in [1.54, 1.807) is 19.2 Å². The van der Waals surface area contributed by atoms with Crippen LogP contribution in [0.3, 0.4) is 0 Å². The first-order chi connectivity index (χ1) is 16.5. The van der Waals surface area contributed by atoms with Gasteiger partial charge in [-0.2, -0.15) is 8.42 Å². The summed E-state index contributed by atoms with van der Waals surface area (Å²) < 4.78 is 38.9. The van der Waals surface area contributed by atoms with E-state index in [0.717, 1.165) is 30.9 Å². The number of likely N-dealkylation sites (tertiary alicyclic amines) is 1. The summed E-state index contributed by atoms with van der Waals surface area (Å²) in [4.78, 5) is 29.8. The molecule has 2 heterocycles. The van der Waals surface area contributed by atoms with Gasteiger partial charge in [0, 0.05) is 30.2 Å². The van der Waals surface area contributed by atoms with Gasteiger partial charge in [0.1, 0.15) is 18.6 Å². The van der Waals surface area contributed by atoms with Gasteiger partial charge < -0.3 is 14.9 Å². The molecule has 0 bridgehead atoms. The Balaban J connectivity index is 0.000000623. The van der Waals surface area contributed by atoms with Gasteiger partial charge in [-0.15, -0.1) is 0 Å². The lowest BCUT2D eigenvalue weighted by Gasteiger charge is -2.19. The minimum Gasteiger partial charge on any atom is -0.492 e. The van der Waals surface area contributed by atoms with Gasteiger partial charge in [-0.25, -0.2) is 9.55 Å². The molecule has 0 spiro atoms. The maximum atomic E-state index is 12.7. The van der Waals surface area contributed by atoms with Gasteiger partial charge in [-0.1, -0.05) is 12.8 Å². The molecule has 35 heavy (non-hydrogen) atoms. The van der Waals surface area contributed by atoms with Crippen LogP contribution in [-0.2, 0) is 23.9 Å². The SMILES string of the molecule is Cn1c([N+](=O)[O-])cnc1/C=C1\Cc2cc(OCCN3CCCCCC3)ccc2C1=O.O=S(=O)(O)O. The summed E-state index contributed by atoms with van der Waals surface area (Å²) >= 11 is 0. The zero-order valence-corrected chi connectivity index (χ0v) is 20.1. The van der Waals surface area contributed by atoms with Gasteiger partial charge in [0.05, 0.1) is 7.05 Å². The van der Waals surface area contributed by atoms with Gasteiger partial charge in [0.15, 0.2) is 5.78 Å². The Morgan fingerprint density at radius 1 is 1.20 bits per heavy atom. The lowest BCUT2D eigenvalue weighted by atomic mass is 10.1. The normalized spacial score (nSPS) is 17.5. The molecule has 2 N–H and O–H groups in total. The second-order valence-electron chi connectivity index (χ2n) is 8.34. The van der Waals surface area contributed by atoms with E-state index in [1.165, 1.54) is 36.4 Å². The van der Waals surface area contributed by atoms with Crippen molar-refractivity contribution in [2.24, 2.45) is 7.05 Å². The largest absolute Gasteiger partial charge is 0.492 e. The Kier molecular flexibility index (Phi) is 8.72. The molecule has 0 saturated carbocycles. The minimum absolute atomic E-state index is 0.0632. The van der Waals surface area contributed by atoms with E-state index in [9.17, 15) is 14.9 Å². The molecule has 2 aliphatic rings. The van der Waals surface area contributed by atoms with Crippen molar-refractivity contribution in [3.63, 3.8) is 0 Å². The zero-order chi connectivity index (χ0) is 25.6. The first kappa shape index (κ1) is 26.5. The Labute approximate surface area is 202 Å². The molecule has 190 valence electrons. The van der Waals surface area contributed by atoms with Crippen LogP contribution >= 0.6 is 0 Å². The van der Waals surface area contributed by atoms with Crippen molar-refractivity contribution in [2.45, 2.75) is 32.1 Å². The predicted molar refractivity (Wildman–Crippen MR) is 127 cm³/mol. The molecule has 0 radical (unpaired) electrons. The topological polar surface area (TPSA) is 165 Å². The molecule has 0 atom stereocenters. The molecular weight excluding hydrogens is 480 g/mol. The molecule has 13 heteroatoms. The molecule has 12 nitrogen and oxygen atoms in total. The number of nitrogens with zero attached hydrogens (tertiary/aromatic N) is 4. The standard InChI is InChI=1S/C22H26N4O4.H2O4S/c1-24-20(23-15-21(24)26(28)29)14-17-12-16-13-18(6-7-19(16)22(17)27)30-11-10-25-8-4-2-3-5-9-25;1-5(2,3)4/h6-7,13-15H,2-5,8-12H2,1H3;(H2,1,2,3,4)/b17-14+;. The molecule has 0 amide bonds. The number of rotatable bonds is 6. The highest BCUT2D eigenvalue weighted by Gasteiger charge is 2.27. The summed E-state index contributed by atoms with van der Waals surface area (Å²) in [5.74, 6) is 0.994. The summed E-state index contributed by atoms with van der Waals surface area (Å²) in [7, 11) is -3.10. The van der Waals surface area contributed by atoms with Gasteiger partial charge in [-0.05, 0) is 54.6 Å². The highest BCUT2D eigenvalue weighted by atomic mass is 32.3. The number of allylic oxidation sites excluding steroid dienone is 1. The quantitative estimate of drug-likeness (QED) is 0.256. The fraction of sp³-hybridized carbons (Fsp3) is 0.455. The Hall–Kier alpha value is -3.13. The van der Waals surface area contributed by atoms with Gasteiger partial charge >= 0.3 is 16.2 Å². The fourth-order valence-electron chi connectivity index (χ4n) is 4.13. The van der Waals surface area contributed by atoms with E-state index < -0.39 is 15.3 Å². The molecular formula is C22H28N4O8S. The average molecular weight is 509 g/mol. The highest BCUT2D eigenvalue weighted by molar-refractivity contribution is 7.79. The van der Waals surface area contributed by atoms with Crippen molar-refractivity contribution >= 4 is 28.1 Å². The third-order valence-corrected chi connectivity index (χ3v) is 5.86. The van der Waals surface area contributed by atoms with Crippen LogP contribution in [0.1, 0.15) is 47.4 Å². The lowest BCUT2D eigenvalue weighted by molar-refractivity contribution is -0.391. The van der Waals surface area contributed by atoms with E-state index in [-0.39, 0.29) is 11.6 Å². The third kappa shape index (κ3) is 7.68. The number of carbonyl (C=O) groups is 1. The van der Waals surface area contributed by atoms with Gasteiger partial charge in [-0.3, -0.25) is 18.8 Å². The molecule has 2 aromatic rings. The van der Waals surface area contributed by atoms with Crippen molar-refractivity contribution in [1.82, 2.24) is 14.5 Å². The number of hydrogen-bond donors (Lipinski definition) is 2. The van der Waals surface area contributed by atoms with Crippen LogP contribution in [0.15, 0.2) is 30.0 Å². The van der Waals surface area contributed by atoms with Crippen molar-refractivity contribution in [3.05, 3.63) is 57.0 Å². The van der Waals surface area contributed by atoms with E-state index in [2.05, 4.69) is 9.88 Å². The number of Topliss-reactive ketones (excluding diaryl/α,β-unsaturated/α-hetero) is 1. The first-order valence-corrected chi connectivity index (χ1v) is 12.5. The zero-order valence-electron chi connectivity index (χ0n) is 19.3. The van der Waals surface area contributed by atoms with Crippen molar-refractivity contribution in [3.8, 4) is 5.75 Å². The number of benzene rings is 1. The van der Waals surface area contributed by atoms with Crippen molar-refractivity contribution in [1.29, 1.82) is 0 Å². The monoisotopic (exact) mass is 508 g/mol. The van der Waals surface area contributed by atoms with E-state index in [4.69, 9.17) is 22.3 Å². The molecule has 1 saturated heterocycles. The van der Waals surface area contributed by atoms with Crippen molar-refractivity contribution in [2.75, 3.05) is 26.2 Å². The summed E-state index contributed by atoms with van der Waals surface area (Å²) in [6.45, 7) is 3.83.